The van der Waals surface area contributed by atoms with E-state index in [1.54, 1.807) is 32.4 Å². The zero-order chi connectivity index (χ0) is 21.2. The first-order valence-corrected chi connectivity index (χ1v) is 10.3. The van der Waals surface area contributed by atoms with Crippen molar-refractivity contribution in [1.29, 1.82) is 0 Å². The van der Waals surface area contributed by atoms with Gasteiger partial charge in [-0.2, -0.15) is 0 Å². The van der Waals surface area contributed by atoms with E-state index >= 15 is 0 Å². The van der Waals surface area contributed by atoms with E-state index in [4.69, 9.17) is 9.47 Å². The third-order valence-electron chi connectivity index (χ3n) is 4.45. The van der Waals surface area contributed by atoms with Crippen molar-refractivity contribution in [2.45, 2.75) is 32.2 Å². The summed E-state index contributed by atoms with van der Waals surface area (Å²) in [5, 5.41) is 5.75. The maximum atomic E-state index is 12.6. The Balaban J connectivity index is 1.93. The number of ether oxygens (including phenoxy) is 2. The molecule has 6 nitrogen and oxygen atoms in total. The molecule has 0 saturated carbocycles. The van der Waals surface area contributed by atoms with Gasteiger partial charge in [-0.15, -0.1) is 0 Å². The number of nitrogens with one attached hydrogen (secondary N) is 2. The van der Waals surface area contributed by atoms with Crippen LogP contribution >= 0.6 is 15.9 Å². The summed E-state index contributed by atoms with van der Waals surface area (Å²) in [5.74, 6) is 0.871. The van der Waals surface area contributed by atoms with Gasteiger partial charge in [0.25, 0.3) is 5.91 Å². The minimum Gasteiger partial charge on any atom is -0.493 e. The molecule has 0 saturated heterocycles. The van der Waals surface area contributed by atoms with Gasteiger partial charge in [0.1, 0.15) is 6.04 Å². The van der Waals surface area contributed by atoms with E-state index in [-0.39, 0.29) is 11.8 Å². The van der Waals surface area contributed by atoms with Crippen LogP contribution in [-0.4, -0.2) is 38.6 Å². The van der Waals surface area contributed by atoms with E-state index in [0.717, 1.165) is 16.5 Å². The predicted molar refractivity (Wildman–Crippen MR) is 117 cm³/mol. The third kappa shape index (κ3) is 6.78. The molecule has 2 aromatic rings. The fraction of sp³-hybridized carbons (Fsp3) is 0.364. The largest absolute Gasteiger partial charge is 0.493 e. The number of rotatable bonds is 10. The summed E-state index contributed by atoms with van der Waals surface area (Å²) >= 11 is 3.36. The first kappa shape index (κ1) is 22.7. The Kier molecular flexibility index (Phi) is 8.99. The van der Waals surface area contributed by atoms with Crippen molar-refractivity contribution < 1.29 is 19.1 Å². The van der Waals surface area contributed by atoms with Crippen molar-refractivity contribution in [1.82, 2.24) is 10.6 Å². The highest BCUT2D eigenvalue weighted by Gasteiger charge is 2.20. The van der Waals surface area contributed by atoms with Crippen molar-refractivity contribution >= 4 is 27.7 Å². The molecule has 0 radical (unpaired) electrons. The van der Waals surface area contributed by atoms with E-state index in [1.165, 1.54) is 0 Å². The summed E-state index contributed by atoms with van der Waals surface area (Å²) in [4.78, 5) is 25.1. The van der Waals surface area contributed by atoms with Crippen LogP contribution in [-0.2, 0) is 11.2 Å². The first-order valence-electron chi connectivity index (χ1n) is 9.53. The van der Waals surface area contributed by atoms with Crippen LogP contribution in [0.15, 0.2) is 46.9 Å². The molecule has 2 N–H and O–H groups in total. The normalized spacial score (nSPS) is 11.4. The summed E-state index contributed by atoms with van der Waals surface area (Å²) in [5.41, 5.74) is 1.53. The fourth-order valence-electron chi connectivity index (χ4n) is 2.92. The average Bonchev–Trinajstić information content (AvgIpc) is 2.73. The topological polar surface area (TPSA) is 76.7 Å². The van der Waals surface area contributed by atoms with Gasteiger partial charge < -0.3 is 20.1 Å². The van der Waals surface area contributed by atoms with Gasteiger partial charge in [-0.25, -0.2) is 0 Å². The molecule has 2 aromatic carbocycles. The molecular weight excluding hydrogens is 436 g/mol. The van der Waals surface area contributed by atoms with E-state index in [0.29, 0.717) is 36.4 Å². The zero-order valence-corrected chi connectivity index (χ0v) is 18.5. The minimum atomic E-state index is -0.572. The summed E-state index contributed by atoms with van der Waals surface area (Å²) in [7, 11) is 3.18. The van der Waals surface area contributed by atoms with Crippen LogP contribution in [0.25, 0.3) is 0 Å². The second-order valence-electron chi connectivity index (χ2n) is 6.56. The molecule has 0 bridgehead atoms. The number of hydrogen-bond donors (Lipinski definition) is 2. The van der Waals surface area contributed by atoms with Gasteiger partial charge in [-0.3, -0.25) is 9.59 Å². The number of hydrogen-bond acceptors (Lipinski definition) is 4. The molecule has 1 atom stereocenters. The Hall–Kier alpha value is -2.54. The Bertz CT molecular complexity index is 841. The van der Waals surface area contributed by atoms with E-state index in [9.17, 15) is 9.59 Å². The number of benzene rings is 2. The lowest BCUT2D eigenvalue weighted by atomic mass is 10.1. The van der Waals surface area contributed by atoms with Crippen molar-refractivity contribution in [3.63, 3.8) is 0 Å². The van der Waals surface area contributed by atoms with Crippen LogP contribution in [0.3, 0.4) is 0 Å². The molecule has 7 heteroatoms. The lowest BCUT2D eigenvalue weighted by Crippen LogP contribution is -2.47. The van der Waals surface area contributed by atoms with Crippen molar-refractivity contribution in [2.75, 3.05) is 20.8 Å². The van der Waals surface area contributed by atoms with Gasteiger partial charge in [0, 0.05) is 16.6 Å². The molecule has 0 fully saturated rings. The summed E-state index contributed by atoms with van der Waals surface area (Å²) < 4.78 is 11.4. The van der Waals surface area contributed by atoms with Gasteiger partial charge in [0.2, 0.25) is 5.91 Å². The van der Waals surface area contributed by atoms with E-state index < -0.39 is 6.04 Å². The first-order chi connectivity index (χ1) is 14.0. The van der Waals surface area contributed by atoms with Crippen molar-refractivity contribution in [3.8, 4) is 11.5 Å². The molecule has 1 unspecified atom stereocenters. The molecule has 2 amide bonds. The molecule has 0 heterocycles. The lowest BCUT2D eigenvalue weighted by molar-refractivity contribution is -0.123. The third-order valence-corrected chi connectivity index (χ3v) is 4.94. The highest BCUT2D eigenvalue weighted by atomic mass is 79.9. The maximum Gasteiger partial charge on any atom is 0.251 e. The number of halogens is 1. The van der Waals surface area contributed by atoms with Gasteiger partial charge in [0.05, 0.1) is 14.2 Å². The molecule has 0 aliphatic heterocycles. The predicted octanol–water partition coefficient (Wildman–Crippen LogP) is 3.72. The Morgan fingerprint density at radius 2 is 1.83 bits per heavy atom. The maximum absolute atomic E-state index is 12.6. The molecule has 0 aliphatic carbocycles. The van der Waals surface area contributed by atoms with Crippen LogP contribution in [0.4, 0.5) is 0 Å². The Morgan fingerprint density at radius 3 is 2.48 bits per heavy atom. The summed E-state index contributed by atoms with van der Waals surface area (Å²) in [6.07, 6.45) is 2.00. The standard InChI is InChI=1S/C22H27BrN2O4/c1-4-6-18(25-21(26)16-7-5-8-17(23)14-16)22(27)24-12-11-15-9-10-19(28-2)20(13-15)29-3/h5,7-10,13-14,18H,4,6,11-12H2,1-3H3,(H,24,27)(H,25,26). The van der Waals surface area contributed by atoms with Crippen LogP contribution in [0.1, 0.15) is 35.7 Å². The van der Waals surface area contributed by atoms with Crippen molar-refractivity contribution in [2.24, 2.45) is 0 Å². The molecule has 0 spiro atoms. The molecule has 29 heavy (non-hydrogen) atoms. The quantitative estimate of drug-likeness (QED) is 0.563. The second kappa shape index (κ2) is 11.5. The average molecular weight is 463 g/mol. The smallest absolute Gasteiger partial charge is 0.251 e. The number of carbonyl (C=O) groups is 2. The van der Waals surface area contributed by atoms with E-state index in [2.05, 4.69) is 26.6 Å². The molecule has 0 aliphatic rings. The van der Waals surface area contributed by atoms with Gasteiger partial charge >= 0.3 is 0 Å². The second-order valence-corrected chi connectivity index (χ2v) is 7.47. The minimum absolute atomic E-state index is 0.185. The number of amides is 2. The van der Waals surface area contributed by atoms with Crippen LogP contribution in [0, 0.1) is 0 Å². The van der Waals surface area contributed by atoms with Crippen LogP contribution in [0.5, 0.6) is 11.5 Å². The summed E-state index contributed by atoms with van der Waals surface area (Å²) in [6, 6.07) is 12.2. The van der Waals surface area contributed by atoms with Crippen LogP contribution in [0.2, 0.25) is 0 Å². The highest BCUT2D eigenvalue weighted by Crippen LogP contribution is 2.27. The van der Waals surface area contributed by atoms with Crippen LogP contribution < -0.4 is 20.1 Å². The van der Waals surface area contributed by atoms with E-state index in [1.807, 2.05) is 31.2 Å². The number of carbonyl (C=O) groups excluding carboxylic acids is 2. The molecule has 0 aromatic heterocycles. The monoisotopic (exact) mass is 462 g/mol. The SMILES string of the molecule is CCCC(NC(=O)c1cccc(Br)c1)C(=O)NCCc1ccc(OC)c(OC)c1. The zero-order valence-electron chi connectivity index (χ0n) is 17.0. The molecule has 156 valence electrons. The Morgan fingerprint density at radius 1 is 1.07 bits per heavy atom. The van der Waals surface area contributed by atoms with Gasteiger partial charge in [0.15, 0.2) is 11.5 Å². The molecular formula is C22H27BrN2O4. The highest BCUT2D eigenvalue weighted by molar-refractivity contribution is 9.10. The van der Waals surface area contributed by atoms with Gasteiger partial charge in [-0.05, 0) is 48.7 Å². The Labute approximate surface area is 180 Å². The van der Waals surface area contributed by atoms with Gasteiger partial charge in [-0.1, -0.05) is 41.4 Å². The summed E-state index contributed by atoms with van der Waals surface area (Å²) in [6.45, 7) is 2.44. The van der Waals surface area contributed by atoms with Crippen molar-refractivity contribution in [3.05, 3.63) is 58.1 Å². The fourth-order valence-corrected chi connectivity index (χ4v) is 3.32. The lowest BCUT2D eigenvalue weighted by Gasteiger charge is -2.18. The molecule has 2 rings (SSSR count). The number of methoxy groups -OCH3 is 2.